The quantitative estimate of drug-likeness (QED) is 0.588. The number of nitrogens with zero attached hydrogens (tertiary/aromatic N) is 2. The first kappa shape index (κ1) is 20.4. The summed E-state index contributed by atoms with van der Waals surface area (Å²) in [5.41, 5.74) is -2.57. The van der Waals surface area contributed by atoms with E-state index < -0.39 is 35.1 Å². The summed E-state index contributed by atoms with van der Waals surface area (Å²) in [5, 5.41) is 11.8. The molecule has 0 saturated heterocycles. The van der Waals surface area contributed by atoms with Crippen molar-refractivity contribution in [2.75, 3.05) is 5.32 Å². The Morgan fingerprint density at radius 2 is 1.55 bits per heavy atom. The number of hydrogen-bond acceptors (Lipinski definition) is 4. The summed E-state index contributed by atoms with van der Waals surface area (Å²) >= 11 is 0. The number of aromatic nitrogens is 2. The molecule has 152 valence electrons. The first-order valence-corrected chi connectivity index (χ1v) is 7.97. The highest BCUT2D eigenvalue weighted by molar-refractivity contribution is 5.94. The highest BCUT2D eigenvalue weighted by Crippen LogP contribution is 2.32. The van der Waals surface area contributed by atoms with Crippen molar-refractivity contribution in [2.45, 2.75) is 18.9 Å². The summed E-state index contributed by atoms with van der Waals surface area (Å²) in [6.45, 7) is -0.247. The molecule has 0 spiro atoms. The fourth-order valence-electron chi connectivity index (χ4n) is 2.55. The minimum Gasteiger partial charge on any atom is -0.476 e. The van der Waals surface area contributed by atoms with Gasteiger partial charge in [-0.1, -0.05) is 12.1 Å². The molecule has 29 heavy (non-hydrogen) atoms. The summed E-state index contributed by atoms with van der Waals surface area (Å²) in [5.74, 6) is -1.85. The zero-order chi connectivity index (χ0) is 21.4. The molecular weight excluding hydrogens is 404 g/mol. The second-order valence-electron chi connectivity index (χ2n) is 5.98. The van der Waals surface area contributed by atoms with Gasteiger partial charge in [0.25, 0.3) is 0 Å². The maximum atomic E-state index is 12.9. The molecule has 0 amide bonds. The van der Waals surface area contributed by atoms with Crippen LogP contribution in [-0.4, -0.2) is 21.0 Å². The van der Waals surface area contributed by atoms with E-state index in [0.717, 1.165) is 24.3 Å². The van der Waals surface area contributed by atoms with Crippen molar-refractivity contribution < 1.29 is 36.2 Å². The molecule has 0 unspecified atom stereocenters. The van der Waals surface area contributed by atoms with Crippen LogP contribution in [-0.2, 0) is 18.9 Å². The van der Waals surface area contributed by atoms with Crippen LogP contribution < -0.4 is 5.32 Å². The summed E-state index contributed by atoms with van der Waals surface area (Å²) in [7, 11) is 0. The number of benzene rings is 2. The van der Waals surface area contributed by atoms with Gasteiger partial charge in [0.15, 0.2) is 11.5 Å². The Kier molecular flexibility index (Phi) is 5.07. The lowest BCUT2D eigenvalue weighted by Gasteiger charge is -2.12. The van der Waals surface area contributed by atoms with Crippen LogP contribution in [0.15, 0.2) is 42.5 Å². The van der Waals surface area contributed by atoms with Crippen molar-refractivity contribution in [3.8, 4) is 0 Å². The molecule has 1 aromatic heterocycles. The number of halogens is 6. The second kappa shape index (κ2) is 7.22. The largest absolute Gasteiger partial charge is 0.476 e. The van der Waals surface area contributed by atoms with Crippen LogP contribution in [0.4, 0.5) is 32.2 Å². The molecule has 0 atom stereocenters. The average molecular weight is 415 g/mol. The van der Waals surface area contributed by atoms with Crippen LogP contribution in [0.25, 0.3) is 11.0 Å². The van der Waals surface area contributed by atoms with Gasteiger partial charge in [0.05, 0.1) is 22.2 Å². The van der Waals surface area contributed by atoms with Crippen LogP contribution in [0, 0.1) is 0 Å². The normalized spacial score (nSPS) is 12.2. The Bertz CT molecular complexity index is 1080. The van der Waals surface area contributed by atoms with Gasteiger partial charge in [-0.15, -0.1) is 0 Å². The zero-order valence-electron chi connectivity index (χ0n) is 14.3. The first-order chi connectivity index (χ1) is 13.4. The third-order valence-electron chi connectivity index (χ3n) is 3.91. The van der Waals surface area contributed by atoms with E-state index in [1.54, 1.807) is 0 Å². The highest BCUT2D eigenvalue weighted by Gasteiger charge is 2.31. The highest BCUT2D eigenvalue weighted by atomic mass is 19.4. The molecule has 0 aliphatic carbocycles. The Morgan fingerprint density at radius 3 is 2.17 bits per heavy atom. The first-order valence-electron chi connectivity index (χ1n) is 7.97. The number of carbonyl (C=O) groups is 1. The number of aromatic carboxylic acids is 1. The van der Waals surface area contributed by atoms with Crippen molar-refractivity contribution in [1.29, 1.82) is 0 Å². The Hall–Kier alpha value is -3.37. The van der Waals surface area contributed by atoms with Crippen LogP contribution in [0.2, 0.25) is 0 Å². The topological polar surface area (TPSA) is 75.1 Å². The number of carboxylic acid groups (broad SMARTS) is 1. The Morgan fingerprint density at radius 1 is 0.897 bits per heavy atom. The summed E-state index contributed by atoms with van der Waals surface area (Å²) < 4.78 is 77.0. The maximum Gasteiger partial charge on any atom is 0.416 e. The SMILES string of the molecule is O=C(O)c1nc2ccc(C(F)(F)F)cc2nc1NCc1cccc(C(F)(F)F)c1. The van der Waals surface area contributed by atoms with E-state index in [1.807, 2.05) is 0 Å². The molecule has 1 heterocycles. The van der Waals surface area contributed by atoms with Gasteiger partial charge in [0.1, 0.15) is 0 Å². The van der Waals surface area contributed by atoms with Crippen molar-refractivity contribution in [3.05, 3.63) is 64.8 Å². The van der Waals surface area contributed by atoms with Gasteiger partial charge in [-0.05, 0) is 35.9 Å². The van der Waals surface area contributed by atoms with Crippen molar-refractivity contribution in [3.63, 3.8) is 0 Å². The van der Waals surface area contributed by atoms with Crippen molar-refractivity contribution in [2.24, 2.45) is 0 Å². The number of carboxylic acids is 1. The fraction of sp³-hybridized carbons (Fsp3) is 0.167. The van der Waals surface area contributed by atoms with Crippen LogP contribution in [0.3, 0.4) is 0 Å². The molecule has 0 radical (unpaired) electrons. The molecule has 2 aromatic carbocycles. The van der Waals surface area contributed by atoms with Crippen LogP contribution in [0.5, 0.6) is 0 Å². The van der Waals surface area contributed by atoms with Gasteiger partial charge in [0.2, 0.25) is 0 Å². The van der Waals surface area contributed by atoms with E-state index >= 15 is 0 Å². The molecule has 11 heteroatoms. The zero-order valence-corrected chi connectivity index (χ0v) is 14.3. The van der Waals surface area contributed by atoms with E-state index in [1.165, 1.54) is 12.1 Å². The average Bonchev–Trinajstić information content (AvgIpc) is 2.63. The molecule has 2 N–H and O–H groups in total. The van der Waals surface area contributed by atoms with Gasteiger partial charge in [-0.3, -0.25) is 0 Å². The number of alkyl halides is 6. The fourth-order valence-corrected chi connectivity index (χ4v) is 2.55. The van der Waals surface area contributed by atoms with E-state index in [2.05, 4.69) is 15.3 Å². The lowest BCUT2D eigenvalue weighted by atomic mass is 10.1. The van der Waals surface area contributed by atoms with E-state index in [9.17, 15) is 36.2 Å². The molecule has 5 nitrogen and oxygen atoms in total. The Balaban J connectivity index is 1.97. The van der Waals surface area contributed by atoms with Crippen LogP contribution in [0.1, 0.15) is 27.2 Å². The van der Waals surface area contributed by atoms with E-state index in [-0.39, 0.29) is 29.0 Å². The molecule has 0 fully saturated rings. The van der Waals surface area contributed by atoms with Gasteiger partial charge in [-0.2, -0.15) is 26.3 Å². The van der Waals surface area contributed by atoms with E-state index in [4.69, 9.17) is 0 Å². The monoisotopic (exact) mass is 415 g/mol. The van der Waals surface area contributed by atoms with Gasteiger partial charge in [-0.25, -0.2) is 14.8 Å². The van der Waals surface area contributed by atoms with Crippen molar-refractivity contribution in [1.82, 2.24) is 9.97 Å². The van der Waals surface area contributed by atoms with Gasteiger partial charge in [0, 0.05) is 6.54 Å². The third kappa shape index (κ3) is 4.55. The summed E-state index contributed by atoms with van der Waals surface area (Å²) in [6, 6.07) is 6.75. The molecule has 3 aromatic rings. The van der Waals surface area contributed by atoms with Gasteiger partial charge >= 0.3 is 18.3 Å². The Labute approximate surface area is 159 Å². The molecular formula is C18H11F6N3O2. The number of nitrogens with one attached hydrogen (secondary N) is 1. The molecule has 0 saturated carbocycles. The van der Waals surface area contributed by atoms with Crippen LogP contribution >= 0.6 is 0 Å². The summed E-state index contributed by atoms with van der Waals surface area (Å²) in [6.07, 6.45) is -9.19. The summed E-state index contributed by atoms with van der Waals surface area (Å²) in [4.78, 5) is 19.1. The molecule has 0 aliphatic rings. The predicted molar refractivity (Wildman–Crippen MR) is 90.3 cm³/mol. The number of fused-ring (bicyclic) bond motifs is 1. The lowest BCUT2D eigenvalue weighted by molar-refractivity contribution is -0.138. The lowest BCUT2D eigenvalue weighted by Crippen LogP contribution is -2.12. The molecule has 3 rings (SSSR count). The predicted octanol–water partition coefficient (Wildman–Crippen LogP) is 4.98. The maximum absolute atomic E-state index is 12.9. The number of rotatable bonds is 4. The number of hydrogen-bond donors (Lipinski definition) is 2. The smallest absolute Gasteiger partial charge is 0.416 e. The molecule has 0 bridgehead atoms. The minimum absolute atomic E-state index is 0.0694. The van der Waals surface area contributed by atoms with E-state index in [0.29, 0.717) is 6.07 Å². The van der Waals surface area contributed by atoms with Crippen molar-refractivity contribution >= 4 is 22.8 Å². The van der Waals surface area contributed by atoms with Gasteiger partial charge < -0.3 is 10.4 Å². The number of anilines is 1. The minimum atomic E-state index is -4.63. The standard InChI is InChI=1S/C18H11F6N3O2/c19-17(20,21)10-3-1-2-9(6-10)8-25-15-14(16(28)29)26-12-5-4-11(18(22,23)24)7-13(12)27-15/h1-7H,8H2,(H,25,27)(H,28,29). The second-order valence-corrected chi connectivity index (χ2v) is 5.98. The molecule has 0 aliphatic heterocycles. The third-order valence-corrected chi connectivity index (χ3v) is 3.91.